The number of aromatic nitrogens is 1. The van der Waals surface area contributed by atoms with Crippen molar-refractivity contribution >= 4 is 33.3 Å². The van der Waals surface area contributed by atoms with Gasteiger partial charge in [0.2, 0.25) is 0 Å². The standard InChI is InChI=1S/C11H4BrN3OS/c1-14-7(5-13)4-8-6-15-11(17-8)9-2-3-10(12)16-9/h2-4,6H/b7-4-. The van der Waals surface area contributed by atoms with Gasteiger partial charge in [-0.15, -0.1) is 11.3 Å². The van der Waals surface area contributed by atoms with Crippen LogP contribution in [0.1, 0.15) is 4.88 Å². The molecule has 0 fully saturated rings. The molecule has 0 radical (unpaired) electrons. The van der Waals surface area contributed by atoms with Crippen molar-refractivity contribution in [3.63, 3.8) is 0 Å². The molecule has 2 heterocycles. The van der Waals surface area contributed by atoms with Crippen molar-refractivity contribution in [1.82, 2.24) is 4.98 Å². The van der Waals surface area contributed by atoms with E-state index in [-0.39, 0.29) is 5.70 Å². The molecule has 4 nitrogen and oxygen atoms in total. The second-order valence-corrected chi connectivity index (χ2v) is 4.77. The second-order valence-electron chi connectivity index (χ2n) is 2.92. The van der Waals surface area contributed by atoms with E-state index in [4.69, 9.17) is 16.3 Å². The predicted octanol–water partition coefficient (Wildman–Crippen LogP) is 3.95. The minimum atomic E-state index is 0.0424. The lowest BCUT2D eigenvalue weighted by Gasteiger charge is -1.86. The summed E-state index contributed by atoms with van der Waals surface area (Å²) >= 11 is 4.58. The van der Waals surface area contributed by atoms with Gasteiger partial charge in [0.15, 0.2) is 15.4 Å². The fourth-order valence-corrected chi connectivity index (χ4v) is 2.24. The molecule has 0 aromatic carbocycles. The highest BCUT2D eigenvalue weighted by molar-refractivity contribution is 9.10. The SMILES string of the molecule is [C-]#[N+]/C(C#N)=C\c1cnc(-c2ccc(Br)o2)s1. The Morgan fingerprint density at radius 3 is 3.06 bits per heavy atom. The quantitative estimate of drug-likeness (QED) is 0.623. The molecule has 0 spiro atoms. The molecule has 0 aliphatic heterocycles. The summed E-state index contributed by atoms with van der Waals surface area (Å²) in [7, 11) is 0. The number of rotatable bonds is 2. The minimum Gasteiger partial charge on any atom is -0.447 e. The van der Waals surface area contributed by atoms with Gasteiger partial charge >= 0.3 is 0 Å². The van der Waals surface area contributed by atoms with Gasteiger partial charge in [0.05, 0.1) is 12.6 Å². The summed E-state index contributed by atoms with van der Waals surface area (Å²) in [5.74, 6) is 0.655. The maximum Gasteiger partial charge on any atom is 0.263 e. The highest BCUT2D eigenvalue weighted by atomic mass is 79.9. The van der Waals surface area contributed by atoms with Crippen molar-refractivity contribution in [3.05, 3.63) is 45.0 Å². The summed E-state index contributed by atoms with van der Waals surface area (Å²) in [6, 6.07) is 5.39. The third-order valence-corrected chi connectivity index (χ3v) is 3.21. The zero-order chi connectivity index (χ0) is 12.3. The van der Waals surface area contributed by atoms with Crippen molar-refractivity contribution in [2.75, 3.05) is 0 Å². The highest BCUT2D eigenvalue weighted by Crippen LogP contribution is 2.29. The Balaban J connectivity index is 2.32. The first-order valence-corrected chi connectivity index (χ1v) is 6.04. The fourth-order valence-electron chi connectivity index (χ4n) is 1.12. The lowest BCUT2D eigenvalue weighted by atomic mass is 10.4. The molecule has 2 aromatic heterocycles. The zero-order valence-electron chi connectivity index (χ0n) is 8.35. The Labute approximate surface area is 110 Å². The molecule has 82 valence electrons. The third-order valence-electron chi connectivity index (χ3n) is 1.82. The molecule has 17 heavy (non-hydrogen) atoms. The van der Waals surface area contributed by atoms with E-state index in [2.05, 4.69) is 25.8 Å². The molecule has 0 unspecified atom stereocenters. The second kappa shape index (κ2) is 4.96. The Bertz CT molecular complexity index is 641. The van der Waals surface area contributed by atoms with Crippen LogP contribution in [0, 0.1) is 17.9 Å². The molecular weight excluding hydrogens is 302 g/mol. The smallest absolute Gasteiger partial charge is 0.263 e. The van der Waals surface area contributed by atoms with Crippen LogP contribution in [-0.4, -0.2) is 4.98 Å². The third kappa shape index (κ3) is 2.62. The van der Waals surface area contributed by atoms with Crippen LogP contribution < -0.4 is 0 Å². The summed E-state index contributed by atoms with van der Waals surface area (Å²) in [5.41, 5.74) is 0.0424. The summed E-state index contributed by atoms with van der Waals surface area (Å²) in [6.07, 6.45) is 3.12. The molecule has 0 atom stereocenters. The Hall–Kier alpha value is -1.89. The molecule has 2 rings (SSSR count). The average Bonchev–Trinajstić information content (AvgIpc) is 2.94. The van der Waals surface area contributed by atoms with Gasteiger partial charge in [0.1, 0.15) is 0 Å². The van der Waals surface area contributed by atoms with Crippen LogP contribution >= 0.6 is 27.3 Å². The van der Waals surface area contributed by atoms with Crippen molar-refractivity contribution in [1.29, 1.82) is 5.26 Å². The van der Waals surface area contributed by atoms with E-state index in [0.29, 0.717) is 15.4 Å². The first-order chi connectivity index (χ1) is 8.22. The van der Waals surface area contributed by atoms with E-state index >= 15 is 0 Å². The summed E-state index contributed by atoms with van der Waals surface area (Å²) in [6.45, 7) is 6.78. The van der Waals surface area contributed by atoms with Crippen LogP contribution in [0.4, 0.5) is 0 Å². The Morgan fingerprint density at radius 2 is 2.47 bits per heavy atom. The Kier molecular flexibility index (Phi) is 3.38. The summed E-state index contributed by atoms with van der Waals surface area (Å²) < 4.78 is 6.00. The maximum absolute atomic E-state index is 8.64. The zero-order valence-corrected chi connectivity index (χ0v) is 10.7. The maximum atomic E-state index is 8.64. The van der Waals surface area contributed by atoms with Crippen LogP contribution in [0.2, 0.25) is 0 Å². The van der Waals surface area contributed by atoms with E-state index in [1.165, 1.54) is 17.4 Å². The van der Waals surface area contributed by atoms with Crippen molar-refractivity contribution in [2.24, 2.45) is 0 Å². The first kappa shape index (κ1) is 11.6. The normalized spacial score (nSPS) is 10.9. The molecule has 6 heteroatoms. The lowest BCUT2D eigenvalue weighted by molar-refractivity contribution is 0.555. The van der Waals surface area contributed by atoms with Crippen LogP contribution in [0.15, 0.2) is 33.1 Å². The molecule has 0 saturated heterocycles. The van der Waals surface area contributed by atoms with Crippen molar-refractivity contribution in [3.8, 4) is 16.8 Å². The van der Waals surface area contributed by atoms with Crippen LogP contribution in [0.3, 0.4) is 0 Å². The van der Waals surface area contributed by atoms with Gasteiger partial charge in [0.25, 0.3) is 5.70 Å². The largest absolute Gasteiger partial charge is 0.447 e. The molecule has 0 amide bonds. The average molecular weight is 306 g/mol. The molecule has 0 saturated carbocycles. The molecular formula is C11H4BrN3OS. The number of nitriles is 1. The topological polar surface area (TPSA) is 54.2 Å². The Morgan fingerprint density at radius 1 is 1.65 bits per heavy atom. The van der Waals surface area contributed by atoms with Gasteiger partial charge in [-0.2, -0.15) is 0 Å². The van der Waals surface area contributed by atoms with Gasteiger partial charge in [-0.3, -0.25) is 0 Å². The number of thiazole rings is 1. The number of hydrogen-bond donors (Lipinski definition) is 0. The van der Waals surface area contributed by atoms with E-state index in [1.54, 1.807) is 18.3 Å². The number of furan rings is 1. The fraction of sp³-hybridized carbons (Fsp3) is 0. The van der Waals surface area contributed by atoms with Gasteiger partial charge < -0.3 is 4.42 Å². The molecule has 0 aliphatic carbocycles. The van der Waals surface area contributed by atoms with Crippen molar-refractivity contribution in [2.45, 2.75) is 0 Å². The lowest BCUT2D eigenvalue weighted by Crippen LogP contribution is -1.66. The minimum absolute atomic E-state index is 0.0424. The van der Waals surface area contributed by atoms with Gasteiger partial charge in [-0.25, -0.2) is 15.1 Å². The number of hydrogen-bond acceptors (Lipinski definition) is 4. The number of halogens is 1. The molecule has 0 aliphatic rings. The van der Waals surface area contributed by atoms with Crippen LogP contribution in [0.25, 0.3) is 21.7 Å². The molecule has 0 bridgehead atoms. The number of allylic oxidation sites excluding steroid dienone is 1. The first-order valence-electron chi connectivity index (χ1n) is 4.43. The van der Waals surface area contributed by atoms with Crippen LogP contribution in [0.5, 0.6) is 0 Å². The van der Waals surface area contributed by atoms with E-state index in [1.807, 2.05) is 6.07 Å². The van der Waals surface area contributed by atoms with E-state index in [0.717, 1.165) is 4.88 Å². The molecule has 2 aromatic rings. The van der Waals surface area contributed by atoms with Crippen molar-refractivity contribution < 1.29 is 4.42 Å². The van der Waals surface area contributed by atoms with Gasteiger partial charge in [-0.1, -0.05) is 0 Å². The highest BCUT2D eigenvalue weighted by Gasteiger charge is 2.08. The van der Waals surface area contributed by atoms with E-state index < -0.39 is 0 Å². The summed E-state index contributed by atoms with van der Waals surface area (Å²) in [4.78, 5) is 8.00. The summed E-state index contributed by atoms with van der Waals surface area (Å²) in [5, 5.41) is 9.35. The molecule has 0 N–H and O–H groups in total. The monoisotopic (exact) mass is 305 g/mol. The van der Waals surface area contributed by atoms with Gasteiger partial charge in [-0.05, 0) is 34.1 Å². The number of nitrogens with zero attached hydrogens (tertiary/aromatic N) is 3. The predicted molar refractivity (Wildman–Crippen MR) is 67.7 cm³/mol. The van der Waals surface area contributed by atoms with Crippen LogP contribution in [-0.2, 0) is 0 Å². The van der Waals surface area contributed by atoms with Gasteiger partial charge in [0, 0.05) is 11.1 Å². The van der Waals surface area contributed by atoms with E-state index in [9.17, 15) is 0 Å².